The molecule has 1 aliphatic heterocycles. The number of nitrogen functional groups attached to an aromatic ring is 1. The van der Waals surface area contributed by atoms with E-state index in [0.717, 1.165) is 24.1 Å². The Balaban J connectivity index is 1.72. The lowest BCUT2D eigenvalue weighted by molar-refractivity contribution is -0.120. The first kappa shape index (κ1) is 16.8. The maximum atomic E-state index is 12.6. The van der Waals surface area contributed by atoms with E-state index in [4.69, 9.17) is 10.5 Å². The SMILES string of the molecule is COC(=O)c1ccc(N)c(OCC(=O)N2CCCc3ccccc32)c1. The van der Waals surface area contributed by atoms with Crippen LogP contribution in [0, 0.1) is 0 Å². The fraction of sp³-hybridized carbons (Fsp3) is 0.263. The molecule has 2 aromatic rings. The number of hydrogen-bond acceptors (Lipinski definition) is 5. The van der Waals surface area contributed by atoms with Gasteiger partial charge in [-0.25, -0.2) is 4.79 Å². The molecule has 25 heavy (non-hydrogen) atoms. The molecule has 1 aliphatic rings. The molecular formula is C19H20N2O4. The average molecular weight is 340 g/mol. The number of amides is 1. The summed E-state index contributed by atoms with van der Waals surface area (Å²) < 4.78 is 10.3. The summed E-state index contributed by atoms with van der Waals surface area (Å²) in [5, 5.41) is 0. The summed E-state index contributed by atoms with van der Waals surface area (Å²) >= 11 is 0. The highest BCUT2D eigenvalue weighted by molar-refractivity contribution is 5.96. The van der Waals surface area contributed by atoms with Crippen LogP contribution in [0.2, 0.25) is 0 Å². The number of methoxy groups -OCH3 is 1. The Labute approximate surface area is 146 Å². The smallest absolute Gasteiger partial charge is 0.337 e. The highest BCUT2D eigenvalue weighted by Crippen LogP contribution is 2.27. The number of nitrogens with zero attached hydrogens (tertiary/aromatic N) is 1. The van der Waals surface area contributed by atoms with Gasteiger partial charge in [0.1, 0.15) is 5.75 Å². The van der Waals surface area contributed by atoms with Crippen molar-refractivity contribution >= 4 is 23.3 Å². The molecule has 130 valence electrons. The van der Waals surface area contributed by atoms with Crippen molar-refractivity contribution in [2.24, 2.45) is 0 Å². The Morgan fingerprint density at radius 1 is 1.20 bits per heavy atom. The van der Waals surface area contributed by atoms with Gasteiger partial charge >= 0.3 is 5.97 Å². The van der Waals surface area contributed by atoms with Gasteiger partial charge < -0.3 is 20.1 Å². The summed E-state index contributed by atoms with van der Waals surface area (Å²) in [4.78, 5) is 25.9. The predicted octanol–water partition coefficient (Wildman–Crippen LogP) is 2.41. The fourth-order valence-electron chi connectivity index (χ4n) is 2.91. The second-order valence-corrected chi connectivity index (χ2v) is 5.81. The highest BCUT2D eigenvalue weighted by atomic mass is 16.5. The zero-order chi connectivity index (χ0) is 17.8. The lowest BCUT2D eigenvalue weighted by Gasteiger charge is -2.29. The molecular weight excluding hydrogens is 320 g/mol. The monoisotopic (exact) mass is 340 g/mol. The van der Waals surface area contributed by atoms with Crippen molar-refractivity contribution in [3.8, 4) is 5.75 Å². The molecule has 0 aromatic heterocycles. The van der Waals surface area contributed by atoms with Gasteiger partial charge in [0.05, 0.1) is 18.4 Å². The number of ether oxygens (including phenoxy) is 2. The van der Waals surface area contributed by atoms with Crippen LogP contribution in [0.25, 0.3) is 0 Å². The van der Waals surface area contributed by atoms with Gasteiger partial charge in [0, 0.05) is 12.2 Å². The molecule has 2 aromatic carbocycles. The van der Waals surface area contributed by atoms with Crippen LogP contribution < -0.4 is 15.4 Å². The summed E-state index contributed by atoms with van der Waals surface area (Å²) in [6.45, 7) is 0.514. The minimum atomic E-state index is -0.485. The number of hydrogen-bond donors (Lipinski definition) is 1. The molecule has 0 radical (unpaired) electrons. The molecule has 0 bridgehead atoms. The number of para-hydroxylation sites is 1. The van der Waals surface area contributed by atoms with Crippen LogP contribution >= 0.6 is 0 Å². The van der Waals surface area contributed by atoms with Crippen LogP contribution in [0.5, 0.6) is 5.75 Å². The van der Waals surface area contributed by atoms with E-state index in [2.05, 4.69) is 4.74 Å². The molecule has 0 saturated carbocycles. The van der Waals surface area contributed by atoms with Gasteiger partial charge in [0.15, 0.2) is 6.61 Å². The Bertz CT molecular complexity index is 804. The Kier molecular flexibility index (Phi) is 4.88. The van der Waals surface area contributed by atoms with Crippen LogP contribution in [-0.4, -0.2) is 32.1 Å². The molecule has 2 N–H and O–H groups in total. The molecule has 0 atom stereocenters. The van der Waals surface area contributed by atoms with E-state index >= 15 is 0 Å². The van der Waals surface area contributed by atoms with E-state index in [1.807, 2.05) is 24.3 Å². The highest BCUT2D eigenvalue weighted by Gasteiger charge is 2.22. The maximum absolute atomic E-state index is 12.6. The van der Waals surface area contributed by atoms with Gasteiger partial charge in [-0.15, -0.1) is 0 Å². The second kappa shape index (κ2) is 7.25. The largest absolute Gasteiger partial charge is 0.482 e. The van der Waals surface area contributed by atoms with Crippen molar-refractivity contribution in [2.75, 3.05) is 30.9 Å². The van der Waals surface area contributed by atoms with Gasteiger partial charge in [-0.05, 0) is 42.7 Å². The molecule has 6 nitrogen and oxygen atoms in total. The first-order chi connectivity index (χ1) is 12.1. The summed E-state index contributed by atoms with van der Waals surface area (Å²) in [6.07, 6.45) is 1.89. The topological polar surface area (TPSA) is 81.9 Å². The zero-order valence-corrected chi connectivity index (χ0v) is 14.0. The number of esters is 1. The molecule has 0 spiro atoms. The molecule has 6 heteroatoms. The van der Waals surface area contributed by atoms with E-state index in [0.29, 0.717) is 23.5 Å². The first-order valence-corrected chi connectivity index (χ1v) is 8.09. The minimum Gasteiger partial charge on any atom is -0.482 e. The number of aryl methyl sites for hydroxylation is 1. The van der Waals surface area contributed by atoms with Crippen LogP contribution in [-0.2, 0) is 16.0 Å². The number of carbonyl (C=O) groups excluding carboxylic acids is 2. The van der Waals surface area contributed by atoms with Crippen LogP contribution in [0.4, 0.5) is 11.4 Å². The summed E-state index contributed by atoms with van der Waals surface area (Å²) in [5.74, 6) is -0.335. The minimum absolute atomic E-state index is 0.143. The third-order valence-corrected chi connectivity index (χ3v) is 4.20. The third-order valence-electron chi connectivity index (χ3n) is 4.20. The molecule has 0 saturated heterocycles. The number of rotatable bonds is 4. The van der Waals surface area contributed by atoms with E-state index < -0.39 is 5.97 Å². The fourth-order valence-corrected chi connectivity index (χ4v) is 2.91. The molecule has 0 aliphatic carbocycles. The van der Waals surface area contributed by atoms with Gasteiger partial charge in [-0.3, -0.25) is 4.79 Å². The zero-order valence-electron chi connectivity index (χ0n) is 14.0. The number of benzene rings is 2. The average Bonchev–Trinajstić information content (AvgIpc) is 2.66. The van der Waals surface area contributed by atoms with Crippen molar-refractivity contribution in [2.45, 2.75) is 12.8 Å². The van der Waals surface area contributed by atoms with Crippen molar-refractivity contribution in [1.29, 1.82) is 0 Å². The Morgan fingerprint density at radius 3 is 2.80 bits per heavy atom. The number of fused-ring (bicyclic) bond motifs is 1. The van der Waals surface area contributed by atoms with Crippen molar-refractivity contribution in [3.05, 3.63) is 53.6 Å². The van der Waals surface area contributed by atoms with Gasteiger partial charge in [-0.1, -0.05) is 18.2 Å². The van der Waals surface area contributed by atoms with E-state index in [1.165, 1.54) is 13.2 Å². The van der Waals surface area contributed by atoms with Crippen molar-refractivity contribution in [3.63, 3.8) is 0 Å². The van der Waals surface area contributed by atoms with Crippen LogP contribution in [0.3, 0.4) is 0 Å². The maximum Gasteiger partial charge on any atom is 0.337 e. The molecule has 1 amide bonds. The molecule has 0 fully saturated rings. The number of anilines is 2. The second-order valence-electron chi connectivity index (χ2n) is 5.81. The van der Waals surface area contributed by atoms with Crippen LogP contribution in [0.15, 0.2) is 42.5 Å². The van der Waals surface area contributed by atoms with Crippen molar-refractivity contribution in [1.82, 2.24) is 0 Å². The molecule has 0 unspecified atom stereocenters. The van der Waals surface area contributed by atoms with E-state index in [1.54, 1.807) is 17.0 Å². The number of carbonyl (C=O) groups is 2. The predicted molar refractivity (Wildman–Crippen MR) is 94.8 cm³/mol. The van der Waals surface area contributed by atoms with Gasteiger partial charge in [0.25, 0.3) is 5.91 Å². The van der Waals surface area contributed by atoms with E-state index in [9.17, 15) is 9.59 Å². The van der Waals surface area contributed by atoms with Gasteiger partial charge in [-0.2, -0.15) is 0 Å². The lowest BCUT2D eigenvalue weighted by atomic mass is 10.0. The molecule has 1 heterocycles. The third kappa shape index (κ3) is 3.57. The summed E-state index contributed by atoms with van der Waals surface area (Å²) in [7, 11) is 1.30. The van der Waals surface area contributed by atoms with Gasteiger partial charge in [0.2, 0.25) is 0 Å². The number of nitrogens with two attached hydrogens (primary N) is 1. The van der Waals surface area contributed by atoms with Crippen molar-refractivity contribution < 1.29 is 19.1 Å². The summed E-state index contributed by atoms with van der Waals surface area (Å²) in [6, 6.07) is 12.5. The lowest BCUT2D eigenvalue weighted by Crippen LogP contribution is -2.38. The van der Waals surface area contributed by atoms with Crippen LogP contribution in [0.1, 0.15) is 22.3 Å². The normalized spacial score (nSPS) is 13.1. The quantitative estimate of drug-likeness (QED) is 0.683. The Morgan fingerprint density at radius 2 is 2.00 bits per heavy atom. The Hall–Kier alpha value is -3.02. The molecule has 3 rings (SSSR count). The first-order valence-electron chi connectivity index (χ1n) is 8.09. The summed E-state index contributed by atoms with van der Waals surface area (Å²) in [5.41, 5.74) is 8.64. The van der Waals surface area contributed by atoms with E-state index in [-0.39, 0.29) is 12.5 Å². The standard InChI is InChI=1S/C19H20N2O4/c1-24-19(23)14-8-9-15(20)17(11-14)25-12-18(22)21-10-4-6-13-5-2-3-7-16(13)21/h2-3,5,7-9,11H,4,6,10,12,20H2,1H3.